The molecule has 3 nitrogen and oxygen atoms in total. The molecule has 0 atom stereocenters. The highest BCUT2D eigenvalue weighted by Gasteiger charge is 1.89. The second kappa shape index (κ2) is 4.59. The Kier molecular flexibility index (Phi) is 4.26. The van der Waals surface area contributed by atoms with Crippen molar-refractivity contribution >= 4 is 5.91 Å². The molecule has 0 aliphatic heterocycles. The Morgan fingerprint density at radius 2 is 2.38 bits per heavy atom. The van der Waals surface area contributed by atoms with Gasteiger partial charge in [0.2, 0.25) is 5.91 Å². The minimum atomic E-state index is -0.244. The molecule has 0 aliphatic rings. The van der Waals surface area contributed by atoms with Gasteiger partial charge in [-0.2, -0.15) is 0 Å². The maximum atomic E-state index is 10.1. The van der Waals surface area contributed by atoms with Crippen LogP contribution in [0.25, 0.3) is 0 Å². The largest absolute Gasteiger partial charge is 0.370 e. The summed E-state index contributed by atoms with van der Waals surface area (Å²) in [5.41, 5.74) is 4.85. The summed E-state index contributed by atoms with van der Waals surface area (Å²) >= 11 is 0. The molecule has 0 bridgehead atoms. The van der Waals surface area contributed by atoms with Crippen molar-refractivity contribution in [2.75, 3.05) is 13.1 Å². The fraction of sp³-hybridized carbons (Fsp3) is 0.800. The molecule has 0 aliphatic carbocycles. The molecule has 0 unspecified atom stereocenters. The lowest BCUT2D eigenvalue weighted by Gasteiger charge is -1.94. The summed E-state index contributed by atoms with van der Waals surface area (Å²) in [6.07, 6.45) is 0.438. The van der Waals surface area contributed by atoms with Crippen molar-refractivity contribution in [1.82, 2.24) is 5.32 Å². The third-order valence-corrected chi connectivity index (χ3v) is 0.798. The van der Waals surface area contributed by atoms with E-state index in [1.54, 1.807) is 0 Å². The van der Waals surface area contributed by atoms with Gasteiger partial charge in [-0.25, -0.2) is 0 Å². The van der Waals surface area contributed by atoms with Gasteiger partial charge in [0.15, 0.2) is 0 Å². The van der Waals surface area contributed by atoms with Gasteiger partial charge in [0.05, 0.1) is 0 Å². The SMILES string of the molecule is CCNCCC(N)=O. The maximum absolute atomic E-state index is 10.1. The molecule has 1 amide bonds. The van der Waals surface area contributed by atoms with Crippen LogP contribution in [-0.4, -0.2) is 19.0 Å². The summed E-state index contributed by atoms with van der Waals surface area (Å²) < 4.78 is 0. The van der Waals surface area contributed by atoms with E-state index in [1.807, 2.05) is 6.92 Å². The van der Waals surface area contributed by atoms with Crippen LogP contribution in [0, 0.1) is 0 Å². The van der Waals surface area contributed by atoms with Crippen molar-refractivity contribution in [2.24, 2.45) is 5.73 Å². The van der Waals surface area contributed by atoms with Crippen LogP contribution in [0.5, 0.6) is 0 Å². The fourth-order valence-corrected chi connectivity index (χ4v) is 0.388. The second-order valence-corrected chi connectivity index (χ2v) is 1.57. The van der Waals surface area contributed by atoms with Crippen molar-refractivity contribution in [3.8, 4) is 0 Å². The topological polar surface area (TPSA) is 55.1 Å². The van der Waals surface area contributed by atoms with Crippen LogP contribution >= 0.6 is 0 Å². The van der Waals surface area contributed by atoms with E-state index in [4.69, 9.17) is 5.73 Å². The first-order valence-electron chi connectivity index (χ1n) is 2.76. The summed E-state index contributed by atoms with van der Waals surface area (Å²) in [6.45, 7) is 3.58. The third kappa shape index (κ3) is 5.43. The monoisotopic (exact) mass is 116 g/mol. The molecular weight excluding hydrogens is 104 g/mol. The van der Waals surface area contributed by atoms with Crippen LogP contribution in [0.4, 0.5) is 0 Å². The van der Waals surface area contributed by atoms with E-state index in [-0.39, 0.29) is 5.91 Å². The first kappa shape index (κ1) is 7.43. The van der Waals surface area contributed by atoms with Gasteiger partial charge < -0.3 is 11.1 Å². The molecule has 0 saturated heterocycles. The lowest BCUT2D eigenvalue weighted by Crippen LogP contribution is -2.21. The number of carbonyl (C=O) groups is 1. The van der Waals surface area contributed by atoms with Crippen LogP contribution < -0.4 is 11.1 Å². The highest BCUT2D eigenvalue weighted by atomic mass is 16.1. The summed E-state index contributed by atoms with van der Waals surface area (Å²) in [4.78, 5) is 10.1. The number of hydrogen-bond donors (Lipinski definition) is 2. The number of amides is 1. The van der Waals surface area contributed by atoms with Gasteiger partial charge in [0.1, 0.15) is 0 Å². The molecule has 48 valence electrons. The van der Waals surface area contributed by atoms with Crippen LogP contribution in [0.2, 0.25) is 0 Å². The number of primary amides is 1. The zero-order valence-corrected chi connectivity index (χ0v) is 5.11. The van der Waals surface area contributed by atoms with Crippen LogP contribution in [0.3, 0.4) is 0 Å². The number of nitrogens with two attached hydrogens (primary N) is 1. The smallest absolute Gasteiger partial charge is 0.218 e. The van der Waals surface area contributed by atoms with Gasteiger partial charge in [-0.05, 0) is 6.54 Å². The minimum absolute atomic E-state index is 0.244. The Morgan fingerprint density at radius 1 is 1.75 bits per heavy atom. The lowest BCUT2D eigenvalue weighted by molar-refractivity contribution is -0.117. The Balaban J connectivity index is 2.82. The molecule has 0 saturated carbocycles. The summed E-state index contributed by atoms with van der Waals surface area (Å²) in [6, 6.07) is 0. The maximum Gasteiger partial charge on any atom is 0.218 e. The summed E-state index contributed by atoms with van der Waals surface area (Å²) in [5.74, 6) is -0.244. The summed E-state index contributed by atoms with van der Waals surface area (Å²) in [5, 5.41) is 2.98. The number of hydrogen-bond acceptors (Lipinski definition) is 2. The van der Waals surface area contributed by atoms with E-state index >= 15 is 0 Å². The minimum Gasteiger partial charge on any atom is -0.370 e. The lowest BCUT2D eigenvalue weighted by atomic mass is 10.4. The summed E-state index contributed by atoms with van der Waals surface area (Å²) in [7, 11) is 0. The molecule has 0 radical (unpaired) electrons. The molecule has 3 N–H and O–H groups in total. The molecule has 0 aromatic heterocycles. The van der Waals surface area contributed by atoms with Crippen LogP contribution in [0.15, 0.2) is 0 Å². The third-order valence-electron chi connectivity index (χ3n) is 0.798. The Labute approximate surface area is 49.3 Å². The van der Waals surface area contributed by atoms with Crippen molar-refractivity contribution in [3.63, 3.8) is 0 Å². The van der Waals surface area contributed by atoms with Crippen molar-refractivity contribution in [3.05, 3.63) is 0 Å². The molecule has 0 fully saturated rings. The van der Waals surface area contributed by atoms with Gasteiger partial charge in [-0.1, -0.05) is 6.92 Å². The molecule has 0 aromatic rings. The van der Waals surface area contributed by atoms with E-state index in [9.17, 15) is 4.79 Å². The van der Waals surface area contributed by atoms with E-state index in [0.29, 0.717) is 13.0 Å². The average Bonchev–Trinajstić information content (AvgIpc) is 1.66. The Hall–Kier alpha value is -0.570. The molecule has 8 heavy (non-hydrogen) atoms. The highest BCUT2D eigenvalue weighted by Crippen LogP contribution is 1.69. The predicted octanol–water partition coefficient (Wildman–Crippen LogP) is -0.529. The van der Waals surface area contributed by atoms with Crippen molar-refractivity contribution < 1.29 is 4.79 Å². The van der Waals surface area contributed by atoms with Gasteiger partial charge in [-0.3, -0.25) is 4.79 Å². The second-order valence-electron chi connectivity index (χ2n) is 1.57. The zero-order valence-electron chi connectivity index (χ0n) is 5.11. The number of rotatable bonds is 4. The first-order chi connectivity index (χ1) is 3.77. The van der Waals surface area contributed by atoms with Gasteiger partial charge in [0.25, 0.3) is 0 Å². The van der Waals surface area contributed by atoms with Gasteiger partial charge in [-0.15, -0.1) is 0 Å². The average molecular weight is 116 g/mol. The Bertz CT molecular complexity index is 72.8. The van der Waals surface area contributed by atoms with Crippen LogP contribution in [-0.2, 0) is 4.79 Å². The molecule has 0 aromatic carbocycles. The quantitative estimate of drug-likeness (QED) is 0.485. The normalized spacial score (nSPS) is 9.12. The standard InChI is InChI=1S/C5H12N2O/c1-2-7-4-3-5(6)8/h7H,2-4H2,1H3,(H2,6,8). The molecular formula is C5H12N2O. The van der Waals surface area contributed by atoms with E-state index in [1.165, 1.54) is 0 Å². The predicted molar refractivity (Wildman–Crippen MR) is 32.4 cm³/mol. The van der Waals surface area contributed by atoms with E-state index in [2.05, 4.69) is 5.32 Å². The molecule has 0 spiro atoms. The van der Waals surface area contributed by atoms with Crippen LogP contribution in [0.1, 0.15) is 13.3 Å². The Morgan fingerprint density at radius 3 is 2.75 bits per heavy atom. The van der Waals surface area contributed by atoms with Crippen molar-refractivity contribution in [2.45, 2.75) is 13.3 Å². The van der Waals surface area contributed by atoms with Gasteiger partial charge in [0, 0.05) is 13.0 Å². The number of carbonyl (C=O) groups excluding carboxylic acids is 1. The van der Waals surface area contributed by atoms with E-state index < -0.39 is 0 Å². The first-order valence-corrected chi connectivity index (χ1v) is 2.76. The molecule has 0 rings (SSSR count). The zero-order chi connectivity index (χ0) is 6.41. The molecule has 0 heterocycles. The van der Waals surface area contributed by atoms with E-state index in [0.717, 1.165) is 6.54 Å². The number of nitrogens with one attached hydrogen (secondary N) is 1. The fourth-order valence-electron chi connectivity index (χ4n) is 0.388. The van der Waals surface area contributed by atoms with Crippen molar-refractivity contribution in [1.29, 1.82) is 0 Å². The molecule has 3 heteroatoms. The van der Waals surface area contributed by atoms with Gasteiger partial charge >= 0.3 is 0 Å². The highest BCUT2D eigenvalue weighted by molar-refractivity contribution is 5.73.